The normalized spacial score (nSPS) is 15.4. The Bertz CT molecular complexity index is 356. The van der Waals surface area contributed by atoms with Crippen molar-refractivity contribution >= 4 is 5.69 Å². The molecule has 2 nitrogen and oxygen atoms in total. The fraction of sp³-hybridized carbons (Fsp3) is 0.643. The molecule has 0 saturated carbocycles. The molecule has 0 unspecified atom stereocenters. The van der Waals surface area contributed by atoms with Gasteiger partial charge in [-0.15, -0.1) is 0 Å². The van der Waals surface area contributed by atoms with Crippen LogP contribution in [0.1, 0.15) is 44.4 Å². The van der Waals surface area contributed by atoms with E-state index in [1.165, 1.54) is 37.1 Å². The number of fused-ring (bicyclic) bond motifs is 1. The van der Waals surface area contributed by atoms with E-state index in [0.717, 1.165) is 12.1 Å². The van der Waals surface area contributed by atoms with Gasteiger partial charge in [-0.2, -0.15) is 0 Å². The standard InChI is InChI=1S/C14H21N2/c1-4-13(5-2)16-8-6-7-12-10-15-11(3)9-14(12)16/h9,13H,4-8H2,1-3H3. The van der Waals surface area contributed by atoms with Crippen LogP contribution in [0.25, 0.3) is 0 Å². The van der Waals surface area contributed by atoms with Crippen molar-refractivity contribution in [3.05, 3.63) is 23.5 Å². The summed E-state index contributed by atoms with van der Waals surface area (Å²) in [5.41, 5.74) is 3.77. The summed E-state index contributed by atoms with van der Waals surface area (Å²) < 4.78 is 0. The number of pyridine rings is 1. The molecular formula is C14H21N2. The van der Waals surface area contributed by atoms with Gasteiger partial charge in [0.25, 0.3) is 0 Å². The van der Waals surface area contributed by atoms with E-state index < -0.39 is 0 Å². The van der Waals surface area contributed by atoms with Gasteiger partial charge < -0.3 is 4.90 Å². The Labute approximate surface area is 98.7 Å². The van der Waals surface area contributed by atoms with Gasteiger partial charge in [0.15, 0.2) is 0 Å². The van der Waals surface area contributed by atoms with Gasteiger partial charge in [-0.3, -0.25) is 4.98 Å². The molecule has 0 aromatic carbocycles. The molecule has 0 bridgehead atoms. The second-order valence-corrected chi connectivity index (χ2v) is 4.64. The lowest BCUT2D eigenvalue weighted by atomic mass is 9.99. The number of hydrogen-bond acceptors (Lipinski definition) is 2. The second kappa shape index (κ2) is 4.86. The lowest BCUT2D eigenvalue weighted by Crippen LogP contribution is -2.38. The highest BCUT2D eigenvalue weighted by molar-refractivity contribution is 5.55. The third kappa shape index (κ3) is 2.06. The molecule has 1 radical (unpaired) electrons. The topological polar surface area (TPSA) is 16.1 Å². The van der Waals surface area contributed by atoms with Crippen molar-refractivity contribution in [1.29, 1.82) is 0 Å². The predicted octanol–water partition coefficient (Wildman–Crippen LogP) is 3.13. The van der Waals surface area contributed by atoms with Crippen LogP contribution in [-0.4, -0.2) is 17.6 Å². The summed E-state index contributed by atoms with van der Waals surface area (Å²) in [5, 5.41) is 0. The van der Waals surface area contributed by atoms with Crippen LogP contribution in [0.4, 0.5) is 5.69 Å². The van der Waals surface area contributed by atoms with Crippen molar-refractivity contribution in [2.75, 3.05) is 11.4 Å². The molecule has 1 aromatic rings. The van der Waals surface area contributed by atoms with Gasteiger partial charge >= 0.3 is 0 Å². The molecule has 1 aromatic heterocycles. The minimum atomic E-state index is 0.675. The summed E-state index contributed by atoms with van der Waals surface area (Å²) in [6.07, 6.45) is 8.02. The number of aromatic nitrogens is 1. The fourth-order valence-corrected chi connectivity index (χ4v) is 2.63. The van der Waals surface area contributed by atoms with Crippen LogP contribution in [0.5, 0.6) is 0 Å². The van der Waals surface area contributed by atoms with E-state index in [4.69, 9.17) is 0 Å². The predicted molar refractivity (Wildman–Crippen MR) is 67.8 cm³/mol. The summed E-state index contributed by atoms with van der Waals surface area (Å²) in [7, 11) is 0. The molecular weight excluding hydrogens is 196 g/mol. The van der Waals surface area contributed by atoms with Crippen molar-refractivity contribution in [1.82, 2.24) is 4.98 Å². The molecule has 16 heavy (non-hydrogen) atoms. The summed E-state index contributed by atoms with van der Waals surface area (Å²) in [5.74, 6) is 0. The SMILES string of the molecule is CCC(CC)N1CCCc2[c]nc(C)cc21. The average molecular weight is 217 g/mol. The van der Waals surface area contributed by atoms with Crippen LogP contribution in [0.15, 0.2) is 6.07 Å². The number of anilines is 1. The fourth-order valence-electron chi connectivity index (χ4n) is 2.63. The smallest absolute Gasteiger partial charge is 0.0945 e. The van der Waals surface area contributed by atoms with Crippen LogP contribution in [0.2, 0.25) is 0 Å². The first-order valence-electron chi connectivity index (χ1n) is 6.41. The van der Waals surface area contributed by atoms with E-state index in [1.54, 1.807) is 0 Å². The molecule has 2 rings (SSSR count). The minimum absolute atomic E-state index is 0.675. The number of hydrogen-bond donors (Lipinski definition) is 0. The first-order chi connectivity index (χ1) is 7.76. The lowest BCUT2D eigenvalue weighted by Gasteiger charge is -2.37. The Balaban J connectivity index is 2.34. The molecule has 1 aliphatic rings. The number of rotatable bonds is 3. The molecule has 0 N–H and O–H groups in total. The maximum atomic E-state index is 4.29. The molecule has 0 saturated heterocycles. The second-order valence-electron chi connectivity index (χ2n) is 4.64. The maximum absolute atomic E-state index is 4.29. The first kappa shape index (κ1) is 11.4. The molecule has 0 aliphatic carbocycles. The van der Waals surface area contributed by atoms with Gasteiger partial charge in [0.2, 0.25) is 0 Å². The Morgan fingerprint density at radius 3 is 2.88 bits per heavy atom. The van der Waals surface area contributed by atoms with Gasteiger partial charge in [-0.05, 0) is 38.7 Å². The Morgan fingerprint density at radius 1 is 1.44 bits per heavy atom. The average Bonchev–Trinajstić information content (AvgIpc) is 2.31. The van der Waals surface area contributed by atoms with Crippen molar-refractivity contribution in [3.8, 4) is 0 Å². The maximum Gasteiger partial charge on any atom is 0.0945 e. The molecule has 2 heteroatoms. The van der Waals surface area contributed by atoms with Crippen LogP contribution in [0, 0.1) is 13.1 Å². The van der Waals surface area contributed by atoms with Gasteiger partial charge in [0.05, 0.1) is 6.20 Å². The van der Waals surface area contributed by atoms with E-state index in [-0.39, 0.29) is 0 Å². The summed E-state index contributed by atoms with van der Waals surface area (Å²) in [4.78, 5) is 6.85. The highest BCUT2D eigenvalue weighted by atomic mass is 15.2. The summed E-state index contributed by atoms with van der Waals surface area (Å²) >= 11 is 0. The quantitative estimate of drug-likeness (QED) is 0.773. The number of aryl methyl sites for hydroxylation is 2. The van der Waals surface area contributed by atoms with E-state index in [0.29, 0.717) is 6.04 Å². The largest absolute Gasteiger partial charge is 0.368 e. The Hall–Kier alpha value is -1.05. The van der Waals surface area contributed by atoms with Crippen molar-refractivity contribution in [2.45, 2.75) is 52.5 Å². The first-order valence-corrected chi connectivity index (χ1v) is 6.41. The molecule has 1 aliphatic heterocycles. The molecule has 87 valence electrons. The third-order valence-corrected chi connectivity index (χ3v) is 3.54. The minimum Gasteiger partial charge on any atom is -0.368 e. The zero-order chi connectivity index (χ0) is 11.5. The van der Waals surface area contributed by atoms with E-state index in [2.05, 4.69) is 42.9 Å². The third-order valence-electron chi connectivity index (χ3n) is 3.54. The van der Waals surface area contributed by atoms with Gasteiger partial charge in [0.1, 0.15) is 0 Å². The van der Waals surface area contributed by atoms with Crippen molar-refractivity contribution in [3.63, 3.8) is 0 Å². The number of nitrogens with zero attached hydrogens (tertiary/aromatic N) is 2. The summed E-state index contributed by atoms with van der Waals surface area (Å²) in [6.45, 7) is 7.80. The highest BCUT2D eigenvalue weighted by Crippen LogP contribution is 2.29. The molecule has 0 amide bonds. The summed E-state index contributed by atoms with van der Waals surface area (Å²) in [6, 6.07) is 2.90. The van der Waals surface area contributed by atoms with Gasteiger partial charge in [-0.25, -0.2) is 0 Å². The van der Waals surface area contributed by atoms with E-state index in [1.807, 2.05) is 0 Å². The van der Waals surface area contributed by atoms with Gasteiger partial charge in [0, 0.05) is 29.5 Å². The zero-order valence-electron chi connectivity index (χ0n) is 10.6. The molecule has 0 fully saturated rings. The van der Waals surface area contributed by atoms with E-state index in [9.17, 15) is 0 Å². The van der Waals surface area contributed by atoms with E-state index >= 15 is 0 Å². The van der Waals surface area contributed by atoms with Gasteiger partial charge in [-0.1, -0.05) is 13.8 Å². The monoisotopic (exact) mass is 217 g/mol. The molecule has 2 heterocycles. The Morgan fingerprint density at radius 2 is 2.19 bits per heavy atom. The van der Waals surface area contributed by atoms with Crippen LogP contribution in [0.3, 0.4) is 0 Å². The highest BCUT2D eigenvalue weighted by Gasteiger charge is 2.22. The lowest BCUT2D eigenvalue weighted by molar-refractivity contribution is 0.531. The Kier molecular flexibility index (Phi) is 3.47. The van der Waals surface area contributed by atoms with Crippen LogP contribution >= 0.6 is 0 Å². The molecule has 0 atom stereocenters. The zero-order valence-corrected chi connectivity index (χ0v) is 10.6. The molecule has 0 spiro atoms. The van der Waals surface area contributed by atoms with Crippen LogP contribution < -0.4 is 4.90 Å². The van der Waals surface area contributed by atoms with Crippen molar-refractivity contribution in [2.24, 2.45) is 0 Å². The van der Waals surface area contributed by atoms with Crippen LogP contribution in [-0.2, 0) is 6.42 Å². The van der Waals surface area contributed by atoms with Crippen molar-refractivity contribution < 1.29 is 0 Å².